The van der Waals surface area contributed by atoms with Gasteiger partial charge in [0.05, 0.1) is 5.69 Å². The number of nitrogens with zero attached hydrogens (tertiary/aromatic N) is 2. The molecule has 1 amide bonds. The molecule has 0 unspecified atom stereocenters. The quantitative estimate of drug-likeness (QED) is 0.828. The van der Waals surface area contributed by atoms with Gasteiger partial charge in [0.25, 0.3) is 0 Å². The van der Waals surface area contributed by atoms with Gasteiger partial charge in [0.1, 0.15) is 11.4 Å². The van der Waals surface area contributed by atoms with Gasteiger partial charge in [-0.15, -0.1) is 0 Å². The topological polar surface area (TPSA) is 94.5 Å². The standard InChI is InChI=1S/C15H24N4O2/c1-15(2,3)21-14(20)19-8-6-10(7-9-19)12-5-4-11(16)13(17)18-12/h4-5,10H,6-9,16H2,1-3H3,(H2,17,18). The Hall–Kier alpha value is -1.98. The molecule has 2 heterocycles. The molecule has 1 saturated heterocycles. The van der Waals surface area contributed by atoms with Gasteiger partial charge in [-0.2, -0.15) is 0 Å². The van der Waals surface area contributed by atoms with E-state index in [0.29, 0.717) is 30.5 Å². The van der Waals surface area contributed by atoms with Crippen LogP contribution in [0.5, 0.6) is 0 Å². The summed E-state index contributed by atoms with van der Waals surface area (Å²) in [6.45, 7) is 6.97. The van der Waals surface area contributed by atoms with E-state index in [1.807, 2.05) is 26.8 Å². The van der Waals surface area contributed by atoms with E-state index < -0.39 is 5.60 Å². The Labute approximate surface area is 125 Å². The summed E-state index contributed by atoms with van der Waals surface area (Å²) in [5.74, 6) is 0.689. The molecule has 0 aliphatic carbocycles. The number of amides is 1. The van der Waals surface area contributed by atoms with E-state index >= 15 is 0 Å². The van der Waals surface area contributed by atoms with Crippen molar-refractivity contribution in [3.05, 3.63) is 17.8 Å². The minimum absolute atomic E-state index is 0.245. The van der Waals surface area contributed by atoms with E-state index in [0.717, 1.165) is 18.5 Å². The number of hydrogen-bond acceptors (Lipinski definition) is 5. The molecule has 1 fully saturated rings. The summed E-state index contributed by atoms with van der Waals surface area (Å²) >= 11 is 0. The summed E-state index contributed by atoms with van der Waals surface area (Å²) in [6.07, 6.45) is 1.47. The molecule has 21 heavy (non-hydrogen) atoms. The first-order valence-electron chi connectivity index (χ1n) is 7.26. The lowest BCUT2D eigenvalue weighted by molar-refractivity contribution is 0.0204. The zero-order chi connectivity index (χ0) is 15.6. The first kappa shape index (κ1) is 15.4. The average molecular weight is 292 g/mol. The Morgan fingerprint density at radius 2 is 1.90 bits per heavy atom. The second-order valence-corrected chi connectivity index (χ2v) is 6.45. The highest BCUT2D eigenvalue weighted by atomic mass is 16.6. The number of carbonyl (C=O) groups is 1. The number of aromatic nitrogens is 1. The van der Waals surface area contributed by atoms with Crippen LogP contribution >= 0.6 is 0 Å². The van der Waals surface area contributed by atoms with Crippen molar-refractivity contribution in [1.82, 2.24) is 9.88 Å². The second kappa shape index (κ2) is 5.79. The molecule has 0 saturated carbocycles. The molecule has 1 aliphatic rings. The number of anilines is 2. The van der Waals surface area contributed by atoms with Crippen LogP contribution in [0.25, 0.3) is 0 Å². The van der Waals surface area contributed by atoms with Crippen LogP contribution < -0.4 is 11.5 Å². The van der Waals surface area contributed by atoms with Gasteiger partial charge in [0.2, 0.25) is 0 Å². The summed E-state index contributed by atoms with van der Waals surface area (Å²) in [5.41, 5.74) is 12.4. The highest BCUT2D eigenvalue weighted by Crippen LogP contribution is 2.29. The molecule has 116 valence electrons. The van der Waals surface area contributed by atoms with Crippen LogP contribution in [-0.4, -0.2) is 34.7 Å². The molecular weight excluding hydrogens is 268 g/mol. The smallest absolute Gasteiger partial charge is 0.410 e. The summed E-state index contributed by atoms with van der Waals surface area (Å²) in [4.78, 5) is 18.1. The summed E-state index contributed by atoms with van der Waals surface area (Å²) in [7, 11) is 0. The Bertz CT molecular complexity index is 517. The minimum atomic E-state index is -0.457. The molecule has 0 atom stereocenters. The third-order valence-electron chi connectivity index (χ3n) is 3.54. The third-order valence-corrected chi connectivity index (χ3v) is 3.54. The first-order valence-corrected chi connectivity index (χ1v) is 7.26. The molecule has 6 nitrogen and oxygen atoms in total. The van der Waals surface area contributed by atoms with Crippen molar-refractivity contribution in [2.24, 2.45) is 0 Å². The predicted molar refractivity (Wildman–Crippen MR) is 82.8 cm³/mol. The number of rotatable bonds is 1. The lowest BCUT2D eigenvalue weighted by Gasteiger charge is -2.33. The monoisotopic (exact) mass is 292 g/mol. The van der Waals surface area contributed by atoms with E-state index in [9.17, 15) is 4.79 Å². The number of nitrogen functional groups attached to an aromatic ring is 2. The molecule has 1 aromatic heterocycles. The second-order valence-electron chi connectivity index (χ2n) is 6.45. The molecular formula is C15H24N4O2. The van der Waals surface area contributed by atoms with Crippen LogP contribution in [0.3, 0.4) is 0 Å². The fourth-order valence-electron chi connectivity index (χ4n) is 2.41. The van der Waals surface area contributed by atoms with Crippen LogP contribution in [0.2, 0.25) is 0 Å². The Kier molecular flexibility index (Phi) is 4.25. The van der Waals surface area contributed by atoms with Crippen molar-refractivity contribution in [2.45, 2.75) is 45.1 Å². The van der Waals surface area contributed by atoms with Gasteiger partial charge in [-0.1, -0.05) is 0 Å². The van der Waals surface area contributed by atoms with Crippen molar-refractivity contribution in [1.29, 1.82) is 0 Å². The van der Waals surface area contributed by atoms with Crippen molar-refractivity contribution in [3.63, 3.8) is 0 Å². The predicted octanol–water partition coefficient (Wildman–Crippen LogP) is 2.36. The molecule has 0 bridgehead atoms. The molecule has 0 radical (unpaired) electrons. The van der Waals surface area contributed by atoms with E-state index in [1.165, 1.54) is 0 Å². The lowest BCUT2D eigenvalue weighted by Crippen LogP contribution is -2.41. The number of likely N-dealkylation sites (tertiary alicyclic amines) is 1. The summed E-state index contributed by atoms with van der Waals surface area (Å²) in [5, 5.41) is 0. The minimum Gasteiger partial charge on any atom is -0.444 e. The van der Waals surface area contributed by atoms with Crippen molar-refractivity contribution in [2.75, 3.05) is 24.6 Å². The zero-order valence-corrected chi connectivity index (χ0v) is 12.9. The largest absolute Gasteiger partial charge is 0.444 e. The number of piperidine rings is 1. The van der Waals surface area contributed by atoms with Crippen LogP contribution in [0.4, 0.5) is 16.3 Å². The third kappa shape index (κ3) is 4.00. The van der Waals surface area contributed by atoms with Gasteiger partial charge >= 0.3 is 6.09 Å². The van der Waals surface area contributed by atoms with E-state index in [1.54, 1.807) is 11.0 Å². The van der Waals surface area contributed by atoms with Crippen molar-refractivity contribution in [3.8, 4) is 0 Å². The zero-order valence-electron chi connectivity index (χ0n) is 12.9. The van der Waals surface area contributed by atoms with Gasteiger partial charge in [-0.25, -0.2) is 9.78 Å². The Morgan fingerprint density at radius 3 is 2.43 bits per heavy atom. The van der Waals surface area contributed by atoms with E-state index in [4.69, 9.17) is 16.2 Å². The fraction of sp³-hybridized carbons (Fsp3) is 0.600. The first-order chi connectivity index (χ1) is 9.76. The van der Waals surface area contributed by atoms with Gasteiger partial charge < -0.3 is 21.1 Å². The number of nitrogens with two attached hydrogens (primary N) is 2. The molecule has 0 spiro atoms. The van der Waals surface area contributed by atoms with Crippen LogP contribution in [0.15, 0.2) is 12.1 Å². The lowest BCUT2D eigenvalue weighted by atomic mass is 9.93. The highest BCUT2D eigenvalue weighted by molar-refractivity contribution is 5.68. The maximum Gasteiger partial charge on any atom is 0.410 e. The normalized spacial score (nSPS) is 16.8. The van der Waals surface area contributed by atoms with Crippen LogP contribution in [0, 0.1) is 0 Å². The molecule has 2 rings (SSSR count). The SMILES string of the molecule is CC(C)(C)OC(=O)N1CCC(c2ccc(N)c(N)n2)CC1. The van der Waals surface area contributed by atoms with Crippen molar-refractivity contribution >= 4 is 17.6 Å². The molecule has 1 aliphatic heterocycles. The van der Waals surface area contributed by atoms with Crippen LogP contribution in [0.1, 0.15) is 45.2 Å². The molecule has 4 N–H and O–H groups in total. The Balaban J connectivity index is 1.94. The summed E-state index contributed by atoms with van der Waals surface area (Å²) < 4.78 is 5.39. The van der Waals surface area contributed by atoms with Crippen LogP contribution in [-0.2, 0) is 4.74 Å². The van der Waals surface area contributed by atoms with E-state index in [-0.39, 0.29) is 6.09 Å². The van der Waals surface area contributed by atoms with E-state index in [2.05, 4.69) is 4.98 Å². The average Bonchev–Trinajstić information content (AvgIpc) is 2.40. The Morgan fingerprint density at radius 1 is 1.29 bits per heavy atom. The number of hydrogen-bond donors (Lipinski definition) is 2. The molecule has 0 aromatic carbocycles. The molecule has 6 heteroatoms. The van der Waals surface area contributed by atoms with Gasteiger partial charge in [-0.3, -0.25) is 0 Å². The number of pyridine rings is 1. The van der Waals surface area contributed by atoms with Gasteiger partial charge in [0.15, 0.2) is 0 Å². The fourth-order valence-corrected chi connectivity index (χ4v) is 2.41. The maximum atomic E-state index is 12.0. The number of carbonyl (C=O) groups excluding carboxylic acids is 1. The number of ether oxygens (including phenoxy) is 1. The highest BCUT2D eigenvalue weighted by Gasteiger charge is 2.28. The van der Waals surface area contributed by atoms with Crippen molar-refractivity contribution < 1.29 is 9.53 Å². The van der Waals surface area contributed by atoms with Gasteiger partial charge in [0, 0.05) is 24.7 Å². The maximum absolute atomic E-state index is 12.0. The summed E-state index contributed by atoms with van der Waals surface area (Å²) in [6, 6.07) is 3.71. The van der Waals surface area contributed by atoms with Gasteiger partial charge in [-0.05, 0) is 45.7 Å². The molecule has 1 aromatic rings.